The lowest BCUT2D eigenvalue weighted by Gasteiger charge is -2.31. The Morgan fingerprint density at radius 1 is 1.39 bits per heavy atom. The molecule has 0 aromatic carbocycles. The fourth-order valence-electron chi connectivity index (χ4n) is 2.11. The highest BCUT2D eigenvalue weighted by atomic mass is 32.2. The fourth-order valence-corrected chi connectivity index (χ4v) is 3.14. The standard InChI is InChI=1S/C11H22F2N2O2S/c1-9(2)6-14-7-10-4-3-5-15(8-10)18(16,17)11(12)13/h9-11,14H,3-8H2,1-2H3. The Balaban J connectivity index is 2.46. The highest BCUT2D eigenvalue weighted by Crippen LogP contribution is 2.21. The SMILES string of the molecule is CC(C)CNCC1CCCN(S(=O)(=O)C(F)F)C1. The first-order valence-corrected chi connectivity index (χ1v) is 7.82. The molecular weight excluding hydrogens is 262 g/mol. The first-order chi connectivity index (χ1) is 8.34. The molecule has 1 rings (SSSR count). The molecule has 0 amide bonds. The van der Waals surface area contributed by atoms with Gasteiger partial charge in [-0.05, 0) is 37.8 Å². The van der Waals surface area contributed by atoms with E-state index in [4.69, 9.17) is 0 Å². The molecule has 0 radical (unpaired) electrons. The molecule has 1 N–H and O–H groups in total. The third-order valence-electron chi connectivity index (χ3n) is 3.05. The van der Waals surface area contributed by atoms with E-state index in [1.165, 1.54) is 0 Å². The molecule has 108 valence electrons. The molecule has 7 heteroatoms. The molecule has 1 unspecified atom stereocenters. The van der Waals surface area contributed by atoms with Gasteiger partial charge in [0.25, 0.3) is 10.0 Å². The van der Waals surface area contributed by atoms with Crippen LogP contribution >= 0.6 is 0 Å². The average Bonchev–Trinajstić information content (AvgIpc) is 2.28. The molecule has 0 aromatic heterocycles. The zero-order chi connectivity index (χ0) is 13.8. The summed E-state index contributed by atoms with van der Waals surface area (Å²) in [7, 11) is -4.40. The minimum absolute atomic E-state index is 0.131. The summed E-state index contributed by atoms with van der Waals surface area (Å²) in [4.78, 5) is 0. The predicted octanol–water partition coefficient (Wildman–Crippen LogP) is 1.50. The van der Waals surface area contributed by atoms with Gasteiger partial charge in [-0.1, -0.05) is 13.8 Å². The summed E-state index contributed by atoms with van der Waals surface area (Å²) in [6.07, 6.45) is 1.54. The van der Waals surface area contributed by atoms with Crippen molar-refractivity contribution in [3.63, 3.8) is 0 Å². The van der Waals surface area contributed by atoms with Crippen molar-refractivity contribution in [2.45, 2.75) is 32.4 Å². The number of sulfonamides is 1. The zero-order valence-electron chi connectivity index (χ0n) is 10.9. The maximum absolute atomic E-state index is 12.4. The van der Waals surface area contributed by atoms with E-state index >= 15 is 0 Å². The molecule has 0 aromatic rings. The van der Waals surface area contributed by atoms with Crippen molar-refractivity contribution < 1.29 is 17.2 Å². The third kappa shape index (κ3) is 4.44. The van der Waals surface area contributed by atoms with E-state index in [2.05, 4.69) is 19.2 Å². The number of rotatable bonds is 6. The van der Waals surface area contributed by atoms with Crippen molar-refractivity contribution in [2.75, 3.05) is 26.2 Å². The van der Waals surface area contributed by atoms with E-state index < -0.39 is 15.8 Å². The predicted molar refractivity (Wildman–Crippen MR) is 66.9 cm³/mol. The highest BCUT2D eigenvalue weighted by Gasteiger charge is 2.35. The molecule has 4 nitrogen and oxygen atoms in total. The highest BCUT2D eigenvalue weighted by molar-refractivity contribution is 7.89. The van der Waals surface area contributed by atoms with Crippen LogP contribution in [0.4, 0.5) is 8.78 Å². The molecule has 1 aliphatic heterocycles. The maximum Gasteiger partial charge on any atom is 0.350 e. The van der Waals surface area contributed by atoms with Crippen LogP contribution in [-0.4, -0.2) is 44.7 Å². The number of piperidine rings is 1. The largest absolute Gasteiger partial charge is 0.350 e. The first kappa shape index (κ1) is 15.8. The van der Waals surface area contributed by atoms with Gasteiger partial charge in [0, 0.05) is 13.1 Å². The summed E-state index contributed by atoms with van der Waals surface area (Å²) in [5, 5.41) is 3.25. The van der Waals surface area contributed by atoms with Gasteiger partial charge in [-0.2, -0.15) is 13.1 Å². The van der Waals surface area contributed by atoms with Gasteiger partial charge in [0.05, 0.1) is 0 Å². The van der Waals surface area contributed by atoms with Gasteiger partial charge in [0.15, 0.2) is 0 Å². The Morgan fingerprint density at radius 2 is 2.06 bits per heavy atom. The van der Waals surface area contributed by atoms with Crippen LogP contribution in [0.1, 0.15) is 26.7 Å². The summed E-state index contributed by atoms with van der Waals surface area (Å²) in [6.45, 7) is 6.14. The minimum atomic E-state index is -4.40. The van der Waals surface area contributed by atoms with Crippen molar-refractivity contribution in [2.24, 2.45) is 11.8 Å². The van der Waals surface area contributed by atoms with Gasteiger partial charge < -0.3 is 5.32 Å². The van der Waals surface area contributed by atoms with Crippen molar-refractivity contribution in [3.05, 3.63) is 0 Å². The Labute approximate surface area is 108 Å². The number of nitrogens with one attached hydrogen (secondary N) is 1. The summed E-state index contributed by atoms with van der Waals surface area (Å²) < 4.78 is 48.5. The second kappa shape index (κ2) is 6.77. The topological polar surface area (TPSA) is 49.4 Å². The van der Waals surface area contributed by atoms with Crippen molar-refractivity contribution in [3.8, 4) is 0 Å². The van der Waals surface area contributed by atoms with Gasteiger partial charge >= 0.3 is 5.76 Å². The molecule has 1 atom stereocenters. The van der Waals surface area contributed by atoms with Crippen LogP contribution in [0.3, 0.4) is 0 Å². The van der Waals surface area contributed by atoms with E-state index in [0.717, 1.165) is 17.3 Å². The summed E-state index contributed by atoms with van der Waals surface area (Å²) >= 11 is 0. The lowest BCUT2D eigenvalue weighted by molar-refractivity contribution is 0.199. The number of hydrogen-bond acceptors (Lipinski definition) is 3. The molecule has 0 bridgehead atoms. The lowest BCUT2D eigenvalue weighted by atomic mass is 9.99. The molecule has 0 aliphatic carbocycles. The van der Waals surface area contributed by atoms with E-state index in [9.17, 15) is 17.2 Å². The van der Waals surface area contributed by atoms with Crippen molar-refractivity contribution in [1.29, 1.82) is 0 Å². The number of hydrogen-bond donors (Lipinski definition) is 1. The van der Waals surface area contributed by atoms with Crippen LogP contribution in [-0.2, 0) is 10.0 Å². The molecule has 18 heavy (non-hydrogen) atoms. The monoisotopic (exact) mass is 284 g/mol. The second-order valence-corrected chi connectivity index (χ2v) is 7.13. The smallest absolute Gasteiger partial charge is 0.316 e. The third-order valence-corrected chi connectivity index (χ3v) is 4.55. The fraction of sp³-hybridized carbons (Fsp3) is 1.00. The van der Waals surface area contributed by atoms with Crippen LogP contribution in [0.5, 0.6) is 0 Å². The quantitative estimate of drug-likeness (QED) is 0.804. The zero-order valence-corrected chi connectivity index (χ0v) is 11.7. The molecule has 1 saturated heterocycles. The van der Waals surface area contributed by atoms with Gasteiger partial charge in [-0.15, -0.1) is 0 Å². The molecule has 1 heterocycles. The van der Waals surface area contributed by atoms with Crippen molar-refractivity contribution in [1.82, 2.24) is 9.62 Å². The molecule has 0 spiro atoms. The second-order valence-electron chi connectivity index (χ2n) is 5.22. The van der Waals surface area contributed by atoms with Gasteiger partial charge in [0.2, 0.25) is 0 Å². The van der Waals surface area contributed by atoms with Crippen molar-refractivity contribution >= 4 is 10.0 Å². The Bertz CT molecular complexity index is 347. The number of halogens is 2. The Kier molecular flexibility index (Phi) is 5.94. The van der Waals surface area contributed by atoms with E-state index in [1.807, 2.05) is 0 Å². The van der Waals surface area contributed by atoms with E-state index in [-0.39, 0.29) is 19.0 Å². The summed E-state index contributed by atoms with van der Waals surface area (Å²) in [6, 6.07) is 0. The lowest BCUT2D eigenvalue weighted by Crippen LogP contribution is -2.45. The van der Waals surface area contributed by atoms with Crippen LogP contribution in [0, 0.1) is 11.8 Å². The average molecular weight is 284 g/mol. The first-order valence-electron chi connectivity index (χ1n) is 6.32. The normalized spacial score (nSPS) is 22.9. The Hall–Kier alpha value is -0.270. The maximum atomic E-state index is 12.4. The molecular formula is C11H22F2N2O2S. The van der Waals surface area contributed by atoms with Gasteiger partial charge in [0.1, 0.15) is 0 Å². The Morgan fingerprint density at radius 3 is 2.61 bits per heavy atom. The molecule has 1 aliphatic rings. The van der Waals surface area contributed by atoms with Crippen LogP contribution < -0.4 is 5.32 Å². The number of nitrogens with zero attached hydrogens (tertiary/aromatic N) is 1. The number of alkyl halides is 2. The van der Waals surface area contributed by atoms with E-state index in [0.29, 0.717) is 18.9 Å². The summed E-state index contributed by atoms with van der Waals surface area (Å²) in [5.74, 6) is -2.65. The van der Waals surface area contributed by atoms with Crippen LogP contribution in [0.2, 0.25) is 0 Å². The molecule has 0 saturated carbocycles. The van der Waals surface area contributed by atoms with E-state index in [1.54, 1.807) is 0 Å². The van der Waals surface area contributed by atoms with Crippen LogP contribution in [0.15, 0.2) is 0 Å². The molecule has 1 fully saturated rings. The van der Waals surface area contributed by atoms with Gasteiger partial charge in [-0.25, -0.2) is 8.42 Å². The van der Waals surface area contributed by atoms with Gasteiger partial charge in [-0.3, -0.25) is 0 Å². The minimum Gasteiger partial charge on any atom is -0.316 e. The van der Waals surface area contributed by atoms with Crippen LogP contribution in [0.25, 0.3) is 0 Å². The summed E-state index contributed by atoms with van der Waals surface area (Å²) in [5.41, 5.74) is 0.